The molecule has 1 saturated heterocycles. The zero-order chi connectivity index (χ0) is 24.0. The third-order valence-electron chi connectivity index (χ3n) is 8.11. The van der Waals surface area contributed by atoms with Crippen molar-refractivity contribution in [2.45, 2.75) is 57.4 Å². The van der Waals surface area contributed by atoms with Gasteiger partial charge in [-0.25, -0.2) is 9.97 Å². The van der Waals surface area contributed by atoms with E-state index in [0.29, 0.717) is 6.04 Å². The molecule has 180 valence electrons. The highest BCUT2D eigenvalue weighted by Crippen LogP contribution is 2.53. The Morgan fingerprint density at radius 2 is 1.74 bits per heavy atom. The van der Waals surface area contributed by atoms with Gasteiger partial charge in [-0.15, -0.1) is 0 Å². The molecule has 1 atom stereocenters. The van der Waals surface area contributed by atoms with Crippen LogP contribution in [-0.2, 0) is 11.8 Å². The first kappa shape index (κ1) is 22.8. The van der Waals surface area contributed by atoms with Gasteiger partial charge in [0.05, 0.1) is 5.69 Å². The summed E-state index contributed by atoms with van der Waals surface area (Å²) >= 11 is 1.72. The fourth-order valence-corrected chi connectivity index (χ4v) is 6.69. The normalized spacial score (nSPS) is 17.9. The lowest BCUT2D eigenvalue weighted by Gasteiger charge is -2.39. The van der Waals surface area contributed by atoms with Crippen LogP contribution in [0, 0.1) is 13.8 Å². The zero-order valence-electron chi connectivity index (χ0n) is 20.8. The van der Waals surface area contributed by atoms with E-state index >= 15 is 0 Å². The minimum absolute atomic E-state index is 0.0883. The Hall–Kier alpha value is -2.60. The SMILES string of the molecule is Cc1cc(-c2nc3ccc(C4(c5ccccc5)CC4)nc3s2)cc(C)c1CC(CCN)N1CCC1. The molecular formula is C30H34N4S. The highest BCUT2D eigenvalue weighted by molar-refractivity contribution is 7.21. The number of nitrogens with zero attached hydrogens (tertiary/aromatic N) is 3. The van der Waals surface area contributed by atoms with Gasteiger partial charge in [-0.05, 0) is 112 Å². The van der Waals surface area contributed by atoms with Crippen LogP contribution in [0.15, 0.2) is 54.6 Å². The fraction of sp³-hybridized carbons (Fsp3) is 0.400. The van der Waals surface area contributed by atoms with Gasteiger partial charge < -0.3 is 5.73 Å². The lowest BCUT2D eigenvalue weighted by molar-refractivity contribution is 0.112. The summed E-state index contributed by atoms with van der Waals surface area (Å²) in [5, 5.41) is 1.06. The third-order valence-corrected chi connectivity index (χ3v) is 9.13. The molecule has 0 bridgehead atoms. The Morgan fingerprint density at radius 1 is 1.00 bits per heavy atom. The molecule has 6 rings (SSSR count). The average molecular weight is 483 g/mol. The standard InChI is InChI=1S/C30H34N4S/c1-20-17-22(18-21(2)25(20)19-24(11-14-31)34-15-6-16-34)28-32-26-9-10-27(33-29(26)35-28)30(12-13-30)23-7-4-3-5-8-23/h3-5,7-10,17-18,24H,6,11-16,19,31H2,1-2H3. The first-order chi connectivity index (χ1) is 17.1. The minimum Gasteiger partial charge on any atom is -0.330 e. The second-order valence-corrected chi connectivity index (χ2v) is 11.4. The number of nitrogens with two attached hydrogens (primary N) is 1. The first-order valence-electron chi connectivity index (χ1n) is 13.0. The molecule has 2 aromatic carbocycles. The molecular weight excluding hydrogens is 448 g/mol. The Kier molecular flexibility index (Phi) is 5.95. The van der Waals surface area contributed by atoms with Gasteiger partial charge in [0, 0.05) is 17.0 Å². The maximum absolute atomic E-state index is 5.95. The van der Waals surface area contributed by atoms with Crippen molar-refractivity contribution in [3.8, 4) is 10.6 Å². The second-order valence-electron chi connectivity index (χ2n) is 10.4. The van der Waals surface area contributed by atoms with E-state index in [2.05, 4.69) is 73.3 Å². The highest BCUT2D eigenvalue weighted by Gasteiger charge is 2.47. The van der Waals surface area contributed by atoms with Gasteiger partial charge in [-0.3, -0.25) is 4.90 Å². The summed E-state index contributed by atoms with van der Waals surface area (Å²) in [4.78, 5) is 13.7. The van der Waals surface area contributed by atoms with E-state index in [-0.39, 0.29) is 5.41 Å². The van der Waals surface area contributed by atoms with Gasteiger partial charge in [0.15, 0.2) is 0 Å². The quantitative estimate of drug-likeness (QED) is 0.334. The van der Waals surface area contributed by atoms with Crippen LogP contribution in [-0.4, -0.2) is 40.5 Å². The van der Waals surface area contributed by atoms with Crippen molar-refractivity contribution in [3.63, 3.8) is 0 Å². The largest absolute Gasteiger partial charge is 0.330 e. The van der Waals surface area contributed by atoms with Crippen LogP contribution >= 0.6 is 11.3 Å². The van der Waals surface area contributed by atoms with Gasteiger partial charge in [0.1, 0.15) is 15.4 Å². The lowest BCUT2D eigenvalue weighted by atomic mass is 9.91. The second kappa shape index (κ2) is 9.12. The molecule has 5 heteroatoms. The third kappa shape index (κ3) is 4.20. The van der Waals surface area contributed by atoms with Crippen LogP contribution in [0.1, 0.15) is 53.6 Å². The number of aryl methyl sites for hydroxylation is 2. The highest BCUT2D eigenvalue weighted by atomic mass is 32.1. The van der Waals surface area contributed by atoms with Crippen molar-refractivity contribution in [3.05, 3.63) is 82.5 Å². The van der Waals surface area contributed by atoms with Crippen molar-refractivity contribution in [1.82, 2.24) is 14.9 Å². The van der Waals surface area contributed by atoms with Crippen molar-refractivity contribution in [1.29, 1.82) is 0 Å². The summed E-state index contributed by atoms with van der Waals surface area (Å²) in [5.41, 5.74) is 15.0. The number of hydrogen-bond acceptors (Lipinski definition) is 5. The summed E-state index contributed by atoms with van der Waals surface area (Å²) in [7, 11) is 0. The van der Waals surface area contributed by atoms with Gasteiger partial charge in [0.25, 0.3) is 0 Å². The van der Waals surface area contributed by atoms with Crippen LogP contribution < -0.4 is 5.73 Å². The van der Waals surface area contributed by atoms with Crippen LogP contribution in [0.3, 0.4) is 0 Å². The number of likely N-dealkylation sites (tertiary alicyclic amines) is 1. The van der Waals surface area contributed by atoms with Gasteiger partial charge in [-0.2, -0.15) is 0 Å². The Labute approximate surface area is 212 Å². The van der Waals surface area contributed by atoms with Crippen LogP contribution in [0.25, 0.3) is 20.9 Å². The van der Waals surface area contributed by atoms with E-state index < -0.39 is 0 Å². The Bertz CT molecular complexity index is 1330. The molecule has 1 unspecified atom stereocenters. The molecule has 2 aromatic heterocycles. The van der Waals surface area contributed by atoms with Crippen LogP contribution in [0.2, 0.25) is 0 Å². The fourth-order valence-electron chi connectivity index (χ4n) is 5.77. The number of aromatic nitrogens is 2. The van der Waals surface area contributed by atoms with Crippen molar-refractivity contribution in [2.24, 2.45) is 5.73 Å². The lowest BCUT2D eigenvalue weighted by Crippen LogP contribution is -2.47. The number of fused-ring (bicyclic) bond motifs is 1. The van der Waals surface area contributed by atoms with E-state index in [1.165, 1.54) is 65.9 Å². The molecule has 4 nitrogen and oxygen atoms in total. The molecule has 0 amide bonds. The maximum atomic E-state index is 5.95. The maximum Gasteiger partial charge on any atom is 0.144 e. The predicted molar refractivity (Wildman–Crippen MR) is 146 cm³/mol. The molecule has 3 heterocycles. The van der Waals surface area contributed by atoms with E-state index in [4.69, 9.17) is 15.7 Å². The number of thiazole rings is 1. The van der Waals surface area contributed by atoms with E-state index in [9.17, 15) is 0 Å². The van der Waals surface area contributed by atoms with E-state index in [0.717, 1.165) is 34.7 Å². The molecule has 35 heavy (non-hydrogen) atoms. The molecule has 2 fully saturated rings. The van der Waals surface area contributed by atoms with E-state index in [1.54, 1.807) is 11.3 Å². The van der Waals surface area contributed by atoms with Crippen LogP contribution in [0.5, 0.6) is 0 Å². The zero-order valence-corrected chi connectivity index (χ0v) is 21.6. The summed E-state index contributed by atoms with van der Waals surface area (Å²) in [6.45, 7) is 7.69. The average Bonchev–Trinajstić information content (AvgIpc) is 3.53. The monoisotopic (exact) mass is 482 g/mol. The molecule has 2 aliphatic rings. The smallest absolute Gasteiger partial charge is 0.144 e. The number of benzene rings is 2. The molecule has 4 aromatic rings. The van der Waals surface area contributed by atoms with Crippen LogP contribution in [0.4, 0.5) is 0 Å². The van der Waals surface area contributed by atoms with Crippen molar-refractivity contribution in [2.75, 3.05) is 19.6 Å². The van der Waals surface area contributed by atoms with Crippen molar-refractivity contribution >= 4 is 21.7 Å². The molecule has 0 radical (unpaired) electrons. The minimum atomic E-state index is 0.0883. The summed E-state index contributed by atoms with van der Waals surface area (Å²) in [6, 6.07) is 20.4. The Morgan fingerprint density at radius 3 is 2.37 bits per heavy atom. The van der Waals surface area contributed by atoms with E-state index in [1.807, 2.05) is 0 Å². The summed E-state index contributed by atoms with van der Waals surface area (Å²) < 4.78 is 0. The van der Waals surface area contributed by atoms with Gasteiger partial charge >= 0.3 is 0 Å². The van der Waals surface area contributed by atoms with Crippen molar-refractivity contribution < 1.29 is 0 Å². The predicted octanol–water partition coefficient (Wildman–Crippen LogP) is 6.02. The molecule has 1 aliphatic carbocycles. The molecule has 2 N–H and O–H groups in total. The molecule has 1 aliphatic heterocycles. The summed E-state index contributed by atoms with van der Waals surface area (Å²) in [6.07, 6.45) is 5.81. The first-order valence-corrected chi connectivity index (χ1v) is 13.8. The van der Waals surface area contributed by atoms with Gasteiger partial charge in [-0.1, -0.05) is 41.7 Å². The molecule has 1 saturated carbocycles. The number of pyridine rings is 1. The van der Waals surface area contributed by atoms with Gasteiger partial charge in [0.2, 0.25) is 0 Å². The number of rotatable bonds is 8. The summed E-state index contributed by atoms with van der Waals surface area (Å²) in [5.74, 6) is 0. The Balaban J connectivity index is 1.29. The topological polar surface area (TPSA) is 55.0 Å². The molecule has 0 spiro atoms. The number of hydrogen-bond donors (Lipinski definition) is 1.